The maximum absolute atomic E-state index is 9.19. The smallest absolute Gasteiger partial charge is 0.141 e. The second-order valence-electron chi connectivity index (χ2n) is 9.20. The summed E-state index contributed by atoms with van der Waals surface area (Å²) in [6.07, 6.45) is 1.68. The molecule has 0 bridgehead atoms. The van der Waals surface area contributed by atoms with Gasteiger partial charge in [-0.2, -0.15) is 5.26 Å². The highest BCUT2D eigenvalue weighted by Crippen LogP contribution is 2.38. The first-order valence-corrected chi connectivity index (χ1v) is 12.3. The molecule has 0 fully saturated rings. The van der Waals surface area contributed by atoms with Gasteiger partial charge in [-0.05, 0) is 69.4 Å². The van der Waals surface area contributed by atoms with Gasteiger partial charge >= 0.3 is 0 Å². The first-order valence-electron chi connectivity index (χ1n) is 12.3. The number of benzene rings is 5. The van der Waals surface area contributed by atoms with Gasteiger partial charge in [-0.3, -0.25) is 0 Å². The number of rotatable bonds is 3. The van der Waals surface area contributed by atoms with Gasteiger partial charge < -0.3 is 4.57 Å². The van der Waals surface area contributed by atoms with Crippen LogP contribution >= 0.6 is 0 Å². The average molecular weight is 472 g/mol. The number of pyridine rings is 1. The number of hydrogen-bond acceptors (Lipinski definition) is 2. The molecule has 37 heavy (non-hydrogen) atoms. The normalized spacial score (nSPS) is 11.2. The largest absolute Gasteiger partial charge is 0.309 e. The quantitative estimate of drug-likeness (QED) is 0.259. The third kappa shape index (κ3) is 3.47. The van der Waals surface area contributed by atoms with E-state index in [1.165, 1.54) is 32.6 Å². The van der Waals surface area contributed by atoms with E-state index in [4.69, 9.17) is 0 Å². The van der Waals surface area contributed by atoms with Gasteiger partial charge in [-0.25, -0.2) is 4.98 Å². The predicted octanol–water partition coefficient (Wildman–Crippen LogP) is 8.54. The molecule has 2 aromatic heterocycles. The molecule has 0 aliphatic heterocycles. The average Bonchev–Trinajstić information content (AvgIpc) is 3.32. The van der Waals surface area contributed by atoms with Gasteiger partial charge in [0.05, 0.1) is 11.0 Å². The summed E-state index contributed by atoms with van der Waals surface area (Å²) >= 11 is 0. The van der Waals surface area contributed by atoms with Crippen molar-refractivity contribution in [2.75, 3.05) is 0 Å². The molecule has 3 heteroatoms. The highest BCUT2D eigenvalue weighted by atomic mass is 15.0. The number of nitriles is 1. The zero-order chi connectivity index (χ0) is 24.8. The van der Waals surface area contributed by atoms with Crippen LogP contribution in [0.5, 0.6) is 0 Å². The summed E-state index contributed by atoms with van der Waals surface area (Å²) in [5.74, 6) is 0. The van der Waals surface area contributed by atoms with Crippen molar-refractivity contribution in [3.63, 3.8) is 0 Å². The van der Waals surface area contributed by atoms with Gasteiger partial charge in [-0.15, -0.1) is 0 Å². The molecule has 7 aromatic rings. The van der Waals surface area contributed by atoms with Gasteiger partial charge in [-0.1, -0.05) is 84.9 Å². The van der Waals surface area contributed by atoms with E-state index in [1.54, 1.807) is 6.20 Å². The highest BCUT2D eigenvalue weighted by Gasteiger charge is 2.15. The fraction of sp³-hybridized carbons (Fsp3) is 0. The van der Waals surface area contributed by atoms with Crippen molar-refractivity contribution in [1.82, 2.24) is 9.55 Å². The Balaban J connectivity index is 1.43. The van der Waals surface area contributed by atoms with Crippen LogP contribution in [-0.2, 0) is 0 Å². The van der Waals surface area contributed by atoms with E-state index in [0.717, 1.165) is 27.9 Å². The van der Waals surface area contributed by atoms with E-state index < -0.39 is 0 Å². The van der Waals surface area contributed by atoms with Crippen molar-refractivity contribution in [3.8, 4) is 34.0 Å². The third-order valence-corrected chi connectivity index (χ3v) is 7.10. The standard InChI is InChI=1S/C34H21N3/c35-22-28-20-27(18-19-36-28)24-12-10-23(11-13-24)26-14-16-31-33(21-26)37(29-7-2-1-3-8-29)32-17-15-25-6-4-5-9-30(25)34(31)32/h1-21H. The van der Waals surface area contributed by atoms with Crippen molar-refractivity contribution in [3.05, 3.63) is 133 Å². The summed E-state index contributed by atoms with van der Waals surface area (Å²) in [4.78, 5) is 4.08. The Morgan fingerprint density at radius 3 is 2.05 bits per heavy atom. The second kappa shape index (κ2) is 8.48. The zero-order valence-electron chi connectivity index (χ0n) is 20.0. The van der Waals surface area contributed by atoms with Crippen LogP contribution in [0.2, 0.25) is 0 Å². The molecule has 0 spiro atoms. The van der Waals surface area contributed by atoms with E-state index in [0.29, 0.717) is 5.69 Å². The topological polar surface area (TPSA) is 41.6 Å². The summed E-state index contributed by atoms with van der Waals surface area (Å²) in [7, 11) is 0. The number of nitrogens with zero attached hydrogens (tertiary/aromatic N) is 3. The summed E-state index contributed by atoms with van der Waals surface area (Å²) in [6.45, 7) is 0. The first-order chi connectivity index (χ1) is 18.3. The fourth-order valence-corrected chi connectivity index (χ4v) is 5.35. The molecule has 0 saturated carbocycles. The molecule has 0 atom stereocenters. The van der Waals surface area contributed by atoms with E-state index >= 15 is 0 Å². The van der Waals surface area contributed by atoms with Gasteiger partial charge in [0, 0.05) is 22.7 Å². The minimum atomic E-state index is 0.424. The second-order valence-corrected chi connectivity index (χ2v) is 9.20. The molecule has 0 aliphatic rings. The van der Waals surface area contributed by atoms with Crippen molar-refractivity contribution in [2.45, 2.75) is 0 Å². The van der Waals surface area contributed by atoms with Gasteiger partial charge in [0.1, 0.15) is 11.8 Å². The van der Waals surface area contributed by atoms with Crippen molar-refractivity contribution < 1.29 is 0 Å². The van der Waals surface area contributed by atoms with Crippen LogP contribution in [0.25, 0.3) is 60.5 Å². The first kappa shape index (κ1) is 21.1. The van der Waals surface area contributed by atoms with Crippen LogP contribution in [0.3, 0.4) is 0 Å². The Bertz CT molecular complexity index is 1970. The Morgan fingerprint density at radius 1 is 0.568 bits per heavy atom. The molecule has 0 saturated heterocycles. The lowest BCUT2D eigenvalue weighted by atomic mass is 9.99. The Labute approximate surface area is 214 Å². The maximum atomic E-state index is 9.19. The van der Waals surface area contributed by atoms with Crippen LogP contribution in [0.1, 0.15) is 5.69 Å². The van der Waals surface area contributed by atoms with Crippen LogP contribution in [0, 0.1) is 11.3 Å². The van der Waals surface area contributed by atoms with Crippen molar-refractivity contribution in [2.24, 2.45) is 0 Å². The number of hydrogen-bond donors (Lipinski definition) is 0. The van der Waals surface area contributed by atoms with E-state index in [9.17, 15) is 5.26 Å². The molecule has 0 amide bonds. The van der Waals surface area contributed by atoms with Crippen LogP contribution < -0.4 is 0 Å². The lowest BCUT2D eigenvalue weighted by Crippen LogP contribution is -1.93. The van der Waals surface area contributed by atoms with Crippen LogP contribution in [0.4, 0.5) is 0 Å². The van der Waals surface area contributed by atoms with Crippen LogP contribution in [-0.4, -0.2) is 9.55 Å². The van der Waals surface area contributed by atoms with Gasteiger partial charge in [0.15, 0.2) is 0 Å². The summed E-state index contributed by atoms with van der Waals surface area (Å²) < 4.78 is 2.37. The molecular formula is C34H21N3. The lowest BCUT2D eigenvalue weighted by Gasteiger charge is -2.09. The summed E-state index contributed by atoms with van der Waals surface area (Å²) in [6, 6.07) is 44.8. The molecule has 172 valence electrons. The van der Waals surface area contributed by atoms with E-state index in [2.05, 4.69) is 125 Å². The highest BCUT2D eigenvalue weighted by molar-refractivity contribution is 6.21. The number of para-hydroxylation sites is 1. The molecule has 7 rings (SSSR count). The SMILES string of the molecule is N#Cc1cc(-c2ccc(-c3ccc4c5c6ccccc6ccc5n(-c5ccccc5)c4c3)cc2)ccn1. The minimum absolute atomic E-state index is 0.424. The molecule has 0 radical (unpaired) electrons. The zero-order valence-corrected chi connectivity index (χ0v) is 20.0. The van der Waals surface area contributed by atoms with Crippen molar-refractivity contribution >= 4 is 32.6 Å². The monoisotopic (exact) mass is 471 g/mol. The number of aromatic nitrogens is 2. The molecule has 3 nitrogen and oxygen atoms in total. The molecular weight excluding hydrogens is 450 g/mol. The lowest BCUT2D eigenvalue weighted by molar-refractivity contribution is 1.18. The summed E-state index contributed by atoms with van der Waals surface area (Å²) in [5, 5.41) is 14.2. The van der Waals surface area contributed by atoms with Crippen molar-refractivity contribution in [1.29, 1.82) is 5.26 Å². The summed E-state index contributed by atoms with van der Waals surface area (Å²) in [5.41, 5.74) is 8.33. The predicted molar refractivity (Wildman–Crippen MR) is 152 cm³/mol. The fourth-order valence-electron chi connectivity index (χ4n) is 5.35. The van der Waals surface area contributed by atoms with E-state index in [1.807, 2.05) is 12.1 Å². The maximum Gasteiger partial charge on any atom is 0.141 e. The van der Waals surface area contributed by atoms with E-state index in [-0.39, 0.29) is 0 Å². The molecule has 0 unspecified atom stereocenters. The molecule has 5 aromatic carbocycles. The van der Waals surface area contributed by atoms with Gasteiger partial charge in [0.25, 0.3) is 0 Å². The Kier molecular flexibility index (Phi) is 4.84. The molecule has 2 heterocycles. The molecule has 0 N–H and O–H groups in total. The minimum Gasteiger partial charge on any atom is -0.309 e. The molecule has 0 aliphatic carbocycles. The third-order valence-electron chi connectivity index (χ3n) is 7.10. The number of fused-ring (bicyclic) bond motifs is 5. The Morgan fingerprint density at radius 2 is 1.27 bits per heavy atom. The van der Waals surface area contributed by atoms with Gasteiger partial charge in [0.2, 0.25) is 0 Å². The van der Waals surface area contributed by atoms with Crippen LogP contribution in [0.15, 0.2) is 128 Å². The Hall–Kier alpha value is -5.20.